The monoisotopic (exact) mass is 380 g/mol. The summed E-state index contributed by atoms with van der Waals surface area (Å²) in [5.41, 5.74) is 0. The molecule has 0 aromatic rings. The molecule has 0 spiro atoms. The van der Waals surface area contributed by atoms with Crippen LogP contribution in [0.4, 0.5) is 13.2 Å². The van der Waals surface area contributed by atoms with Gasteiger partial charge in [0.05, 0.1) is 6.54 Å². The summed E-state index contributed by atoms with van der Waals surface area (Å²) in [7, 11) is 0. The van der Waals surface area contributed by atoms with E-state index in [9.17, 15) is 13.2 Å². The molecular formula is C17H31F3N4S. The van der Waals surface area contributed by atoms with Gasteiger partial charge in [-0.25, -0.2) is 0 Å². The Labute approximate surface area is 153 Å². The van der Waals surface area contributed by atoms with Crippen LogP contribution >= 0.6 is 11.8 Å². The minimum atomic E-state index is -4.11. The zero-order valence-electron chi connectivity index (χ0n) is 15.5. The Kier molecular flexibility index (Phi) is 7.73. The average Bonchev–Trinajstić information content (AvgIpc) is 2.97. The zero-order valence-corrected chi connectivity index (χ0v) is 16.3. The number of thioether (sulfide) groups is 1. The van der Waals surface area contributed by atoms with Crippen molar-refractivity contribution in [3.8, 4) is 0 Å². The number of rotatable bonds is 5. The molecule has 0 aromatic heterocycles. The van der Waals surface area contributed by atoms with Crippen LogP contribution < -0.4 is 5.32 Å². The summed E-state index contributed by atoms with van der Waals surface area (Å²) >= 11 is 2.02. The fraction of sp³-hybridized carbons (Fsp3) is 0.941. The van der Waals surface area contributed by atoms with E-state index in [2.05, 4.69) is 31.0 Å². The van der Waals surface area contributed by atoms with E-state index in [1.54, 1.807) is 0 Å². The van der Waals surface area contributed by atoms with E-state index in [1.165, 1.54) is 4.90 Å². The number of nitrogens with zero attached hydrogens (tertiary/aromatic N) is 3. The van der Waals surface area contributed by atoms with Gasteiger partial charge in [0.25, 0.3) is 0 Å². The van der Waals surface area contributed by atoms with Gasteiger partial charge in [0, 0.05) is 43.7 Å². The Morgan fingerprint density at radius 2 is 2.04 bits per heavy atom. The molecule has 2 aliphatic heterocycles. The average molecular weight is 381 g/mol. The van der Waals surface area contributed by atoms with E-state index in [1.807, 2.05) is 11.8 Å². The summed E-state index contributed by atoms with van der Waals surface area (Å²) in [6.45, 7) is 10.1. The van der Waals surface area contributed by atoms with Gasteiger partial charge in [0.1, 0.15) is 0 Å². The Balaban J connectivity index is 1.89. The van der Waals surface area contributed by atoms with E-state index < -0.39 is 12.7 Å². The predicted octanol–water partition coefficient (Wildman–Crippen LogP) is 2.91. The third-order valence-electron chi connectivity index (χ3n) is 4.74. The number of alkyl halides is 3. The number of halogens is 3. The molecular weight excluding hydrogens is 349 g/mol. The van der Waals surface area contributed by atoms with Gasteiger partial charge < -0.3 is 10.2 Å². The number of nitrogens with one attached hydrogen (secondary N) is 1. The zero-order chi connectivity index (χ0) is 18.4. The first-order valence-corrected chi connectivity index (χ1v) is 10.3. The topological polar surface area (TPSA) is 30.9 Å². The molecule has 0 radical (unpaired) electrons. The first-order valence-electron chi connectivity index (χ1n) is 9.22. The van der Waals surface area contributed by atoms with Gasteiger partial charge >= 0.3 is 6.18 Å². The number of aliphatic imine (C=N–C) groups is 1. The first kappa shape index (κ1) is 20.7. The SMILES string of the molecule is CCNC(=NCC1CCN(CC(F)(F)F)C1)N1CCSC(C(C)C)C1. The van der Waals surface area contributed by atoms with Crippen molar-refractivity contribution in [3.63, 3.8) is 0 Å². The minimum Gasteiger partial charge on any atom is -0.357 e. The van der Waals surface area contributed by atoms with Crippen LogP contribution in [0.25, 0.3) is 0 Å². The van der Waals surface area contributed by atoms with Crippen LogP contribution in [0.5, 0.6) is 0 Å². The molecule has 2 fully saturated rings. The van der Waals surface area contributed by atoms with Crippen molar-refractivity contribution < 1.29 is 13.2 Å². The Bertz CT molecular complexity index is 442. The third kappa shape index (κ3) is 6.89. The molecule has 2 aliphatic rings. The molecule has 2 atom stereocenters. The molecule has 0 bridgehead atoms. The second-order valence-electron chi connectivity index (χ2n) is 7.30. The van der Waals surface area contributed by atoms with Gasteiger partial charge in [-0.1, -0.05) is 13.8 Å². The lowest BCUT2D eigenvalue weighted by molar-refractivity contribution is -0.143. The predicted molar refractivity (Wildman–Crippen MR) is 99.2 cm³/mol. The summed E-state index contributed by atoms with van der Waals surface area (Å²) in [5.74, 6) is 2.86. The maximum absolute atomic E-state index is 12.5. The highest BCUT2D eigenvalue weighted by Gasteiger charge is 2.34. The molecule has 25 heavy (non-hydrogen) atoms. The van der Waals surface area contributed by atoms with E-state index in [0.29, 0.717) is 30.8 Å². The van der Waals surface area contributed by atoms with E-state index in [4.69, 9.17) is 4.99 Å². The molecule has 2 rings (SSSR count). The van der Waals surface area contributed by atoms with Crippen molar-refractivity contribution in [2.45, 2.75) is 38.6 Å². The molecule has 0 saturated carbocycles. The fourth-order valence-electron chi connectivity index (χ4n) is 3.37. The highest BCUT2D eigenvalue weighted by atomic mass is 32.2. The van der Waals surface area contributed by atoms with Gasteiger partial charge in [-0.15, -0.1) is 0 Å². The maximum Gasteiger partial charge on any atom is 0.401 e. The molecule has 0 amide bonds. The molecule has 2 heterocycles. The molecule has 0 aliphatic carbocycles. The summed E-state index contributed by atoms with van der Waals surface area (Å²) in [4.78, 5) is 8.57. The Morgan fingerprint density at radius 3 is 2.68 bits per heavy atom. The standard InChI is InChI=1S/C17H31F3N4S/c1-4-21-16(24-7-8-25-15(11-24)13(2)3)22-9-14-5-6-23(10-14)12-17(18,19)20/h13-15H,4-12H2,1-3H3,(H,21,22). The lowest BCUT2D eigenvalue weighted by atomic mass is 10.1. The molecule has 1 N–H and O–H groups in total. The Morgan fingerprint density at radius 1 is 1.28 bits per heavy atom. The van der Waals surface area contributed by atoms with Crippen LogP contribution in [0.3, 0.4) is 0 Å². The molecule has 146 valence electrons. The van der Waals surface area contributed by atoms with Crippen LogP contribution in [-0.2, 0) is 0 Å². The van der Waals surface area contributed by atoms with Crippen molar-refractivity contribution >= 4 is 17.7 Å². The van der Waals surface area contributed by atoms with Gasteiger partial charge in [0.15, 0.2) is 5.96 Å². The number of likely N-dealkylation sites (tertiary alicyclic amines) is 1. The molecule has 0 aromatic carbocycles. The number of hydrogen-bond acceptors (Lipinski definition) is 3. The lowest BCUT2D eigenvalue weighted by Gasteiger charge is -2.36. The lowest BCUT2D eigenvalue weighted by Crippen LogP contribution is -2.49. The van der Waals surface area contributed by atoms with Crippen molar-refractivity contribution in [3.05, 3.63) is 0 Å². The van der Waals surface area contributed by atoms with Gasteiger partial charge in [-0.3, -0.25) is 9.89 Å². The molecule has 2 unspecified atom stereocenters. The van der Waals surface area contributed by atoms with Crippen molar-refractivity contribution in [2.24, 2.45) is 16.8 Å². The van der Waals surface area contributed by atoms with Crippen molar-refractivity contribution in [1.82, 2.24) is 15.1 Å². The summed E-state index contributed by atoms with van der Waals surface area (Å²) in [5, 5.41) is 3.96. The smallest absolute Gasteiger partial charge is 0.357 e. The third-order valence-corrected chi connectivity index (χ3v) is 6.28. The highest BCUT2D eigenvalue weighted by molar-refractivity contribution is 8.00. The van der Waals surface area contributed by atoms with Gasteiger partial charge in [-0.2, -0.15) is 24.9 Å². The summed E-state index contributed by atoms with van der Waals surface area (Å²) in [6, 6.07) is 0. The second kappa shape index (κ2) is 9.35. The van der Waals surface area contributed by atoms with Crippen LogP contribution in [0.1, 0.15) is 27.2 Å². The highest BCUT2D eigenvalue weighted by Crippen LogP contribution is 2.25. The number of guanidine groups is 1. The van der Waals surface area contributed by atoms with Crippen LogP contribution in [-0.4, -0.2) is 78.8 Å². The molecule has 4 nitrogen and oxygen atoms in total. The van der Waals surface area contributed by atoms with Crippen LogP contribution in [0.15, 0.2) is 4.99 Å². The van der Waals surface area contributed by atoms with Crippen molar-refractivity contribution in [1.29, 1.82) is 0 Å². The van der Waals surface area contributed by atoms with E-state index in [-0.39, 0.29) is 5.92 Å². The minimum absolute atomic E-state index is 0.219. The van der Waals surface area contributed by atoms with Gasteiger partial charge in [-0.05, 0) is 31.7 Å². The maximum atomic E-state index is 12.5. The van der Waals surface area contributed by atoms with Gasteiger partial charge in [0.2, 0.25) is 0 Å². The summed E-state index contributed by atoms with van der Waals surface area (Å²) in [6.07, 6.45) is -3.31. The normalized spacial score (nSPS) is 26.5. The fourth-order valence-corrected chi connectivity index (χ4v) is 4.67. The van der Waals surface area contributed by atoms with E-state index in [0.717, 1.165) is 37.8 Å². The van der Waals surface area contributed by atoms with Crippen LogP contribution in [0.2, 0.25) is 0 Å². The molecule has 2 saturated heterocycles. The van der Waals surface area contributed by atoms with E-state index >= 15 is 0 Å². The second-order valence-corrected chi connectivity index (χ2v) is 8.65. The van der Waals surface area contributed by atoms with Crippen LogP contribution in [0, 0.1) is 11.8 Å². The first-order chi connectivity index (χ1) is 11.8. The summed E-state index contributed by atoms with van der Waals surface area (Å²) < 4.78 is 37.5. The largest absolute Gasteiger partial charge is 0.401 e. The molecule has 8 heteroatoms. The Hall–Kier alpha value is -0.630. The number of hydrogen-bond donors (Lipinski definition) is 1. The quantitative estimate of drug-likeness (QED) is 0.587. The van der Waals surface area contributed by atoms with Crippen molar-refractivity contribution in [2.75, 3.05) is 51.6 Å².